The smallest absolute Gasteiger partial charge is 0.142 e. The molecule has 0 fully saturated rings. The predicted octanol–water partition coefficient (Wildman–Crippen LogP) is 3.62. The first-order valence-electron chi connectivity index (χ1n) is 7.48. The molecule has 1 atom stereocenters. The van der Waals surface area contributed by atoms with Gasteiger partial charge in [-0.05, 0) is 30.5 Å². The third-order valence-corrected chi connectivity index (χ3v) is 4.22. The maximum absolute atomic E-state index is 13.7. The Bertz CT molecular complexity index is 427. The van der Waals surface area contributed by atoms with Crippen LogP contribution in [-0.4, -0.2) is 37.7 Å². The molecule has 0 aromatic heterocycles. The molecule has 5 heteroatoms. The van der Waals surface area contributed by atoms with E-state index in [1.165, 1.54) is 6.07 Å². The number of halogens is 2. The Morgan fingerprint density at radius 3 is 2.48 bits per heavy atom. The molecule has 2 N–H and O–H groups in total. The maximum atomic E-state index is 13.7. The van der Waals surface area contributed by atoms with E-state index < -0.39 is 5.82 Å². The lowest BCUT2D eigenvalue weighted by Gasteiger charge is -2.37. The van der Waals surface area contributed by atoms with Crippen LogP contribution < -0.4 is 5.73 Å². The zero-order chi connectivity index (χ0) is 15.8. The largest absolute Gasteiger partial charge is 0.383 e. The van der Waals surface area contributed by atoms with Gasteiger partial charge in [-0.1, -0.05) is 31.5 Å². The molecule has 0 saturated carbocycles. The summed E-state index contributed by atoms with van der Waals surface area (Å²) in [6.07, 6.45) is 2.04. The van der Waals surface area contributed by atoms with Gasteiger partial charge in [-0.3, -0.25) is 4.90 Å². The second-order valence-corrected chi connectivity index (χ2v) is 5.53. The minimum absolute atomic E-state index is 0.0307. The normalized spacial score (nSPS) is 13.1. The maximum Gasteiger partial charge on any atom is 0.142 e. The van der Waals surface area contributed by atoms with Gasteiger partial charge in [0.15, 0.2) is 0 Å². The van der Waals surface area contributed by atoms with Crippen LogP contribution in [0, 0.1) is 5.82 Å². The topological polar surface area (TPSA) is 38.5 Å². The fourth-order valence-electron chi connectivity index (χ4n) is 2.73. The number of hydrogen-bond donors (Lipinski definition) is 1. The van der Waals surface area contributed by atoms with E-state index in [0.717, 1.165) is 24.9 Å². The number of nitrogens with zero attached hydrogens (tertiary/aromatic N) is 1. The zero-order valence-electron chi connectivity index (χ0n) is 13.1. The number of rotatable bonds is 9. The van der Waals surface area contributed by atoms with E-state index in [0.29, 0.717) is 19.2 Å². The van der Waals surface area contributed by atoms with Gasteiger partial charge in [0.05, 0.1) is 11.6 Å². The summed E-state index contributed by atoms with van der Waals surface area (Å²) in [5.74, 6) is -0.399. The number of hydrogen-bond acceptors (Lipinski definition) is 3. The third kappa shape index (κ3) is 4.92. The van der Waals surface area contributed by atoms with E-state index in [4.69, 9.17) is 22.1 Å². The first-order chi connectivity index (χ1) is 10.1. The van der Waals surface area contributed by atoms with Crippen molar-refractivity contribution in [1.82, 2.24) is 4.90 Å². The highest BCUT2D eigenvalue weighted by molar-refractivity contribution is 6.30. The summed E-state index contributed by atoms with van der Waals surface area (Å²) in [7, 11) is 1.69. The minimum Gasteiger partial charge on any atom is -0.383 e. The van der Waals surface area contributed by atoms with E-state index in [1.807, 2.05) is 6.07 Å². The van der Waals surface area contributed by atoms with Crippen molar-refractivity contribution in [2.75, 3.05) is 26.8 Å². The van der Waals surface area contributed by atoms with Crippen molar-refractivity contribution < 1.29 is 9.13 Å². The molecule has 0 saturated heterocycles. The van der Waals surface area contributed by atoms with Crippen LogP contribution >= 0.6 is 11.6 Å². The molecule has 0 bridgehead atoms. The Labute approximate surface area is 132 Å². The summed E-state index contributed by atoms with van der Waals surface area (Å²) in [6, 6.07) is 5.30. The van der Waals surface area contributed by atoms with Gasteiger partial charge in [-0.25, -0.2) is 4.39 Å². The molecule has 1 aromatic rings. The van der Waals surface area contributed by atoms with E-state index in [-0.39, 0.29) is 11.1 Å². The molecule has 0 spiro atoms. The molecular weight excluding hydrogens is 291 g/mol. The van der Waals surface area contributed by atoms with Crippen LogP contribution in [0.25, 0.3) is 0 Å². The summed E-state index contributed by atoms with van der Waals surface area (Å²) in [6.45, 7) is 6.15. The van der Waals surface area contributed by atoms with E-state index in [2.05, 4.69) is 18.7 Å². The lowest BCUT2D eigenvalue weighted by Crippen LogP contribution is -2.42. The molecule has 0 aliphatic carbocycles. The van der Waals surface area contributed by atoms with Gasteiger partial charge in [-0.15, -0.1) is 0 Å². The van der Waals surface area contributed by atoms with Crippen LogP contribution in [0.2, 0.25) is 5.02 Å². The first kappa shape index (κ1) is 18.4. The van der Waals surface area contributed by atoms with Gasteiger partial charge in [0.1, 0.15) is 5.82 Å². The van der Waals surface area contributed by atoms with Crippen LogP contribution in [-0.2, 0) is 4.74 Å². The fraction of sp³-hybridized carbons (Fsp3) is 0.625. The zero-order valence-corrected chi connectivity index (χ0v) is 13.9. The quantitative estimate of drug-likeness (QED) is 0.756. The molecule has 0 aliphatic rings. The first-order valence-corrected chi connectivity index (χ1v) is 7.86. The van der Waals surface area contributed by atoms with Gasteiger partial charge < -0.3 is 10.5 Å². The van der Waals surface area contributed by atoms with Crippen LogP contribution in [0.4, 0.5) is 4.39 Å². The number of methoxy groups -OCH3 is 1. The van der Waals surface area contributed by atoms with Crippen molar-refractivity contribution in [3.8, 4) is 0 Å². The van der Waals surface area contributed by atoms with Crippen LogP contribution in [0.3, 0.4) is 0 Å². The van der Waals surface area contributed by atoms with Crippen molar-refractivity contribution in [2.24, 2.45) is 5.73 Å². The molecule has 1 unspecified atom stereocenters. The highest BCUT2D eigenvalue weighted by Crippen LogP contribution is 2.27. The van der Waals surface area contributed by atoms with Crippen LogP contribution in [0.1, 0.15) is 38.3 Å². The third-order valence-electron chi connectivity index (χ3n) is 3.92. The molecule has 0 heterocycles. The van der Waals surface area contributed by atoms with Crippen molar-refractivity contribution in [3.05, 3.63) is 34.6 Å². The lowest BCUT2D eigenvalue weighted by molar-refractivity contribution is 0.0816. The van der Waals surface area contributed by atoms with E-state index >= 15 is 0 Å². The molecule has 120 valence electrons. The van der Waals surface area contributed by atoms with Gasteiger partial charge in [0.25, 0.3) is 0 Å². The highest BCUT2D eigenvalue weighted by atomic mass is 35.5. The molecular formula is C16H26ClFN2O. The van der Waals surface area contributed by atoms with E-state index in [9.17, 15) is 4.39 Å². The predicted molar refractivity (Wildman–Crippen MR) is 86.2 cm³/mol. The molecule has 3 nitrogen and oxygen atoms in total. The molecule has 0 aliphatic heterocycles. The average molecular weight is 317 g/mol. The van der Waals surface area contributed by atoms with Gasteiger partial charge in [0.2, 0.25) is 0 Å². The average Bonchev–Trinajstić information content (AvgIpc) is 2.49. The second kappa shape index (κ2) is 9.36. The number of nitrogens with two attached hydrogens (primary N) is 1. The number of benzene rings is 1. The molecule has 0 amide bonds. The summed E-state index contributed by atoms with van der Waals surface area (Å²) >= 11 is 5.77. The SMILES string of the molecule is CCC(CC)N(CCOC)C(CN)c1ccc(Cl)c(F)c1. The van der Waals surface area contributed by atoms with Crippen molar-refractivity contribution >= 4 is 11.6 Å². The lowest BCUT2D eigenvalue weighted by atomic mass is 10.0. The van der Waals surface area contributed by atoms with Crippen molar-refractivity contribution in [3.63, 3.8) is 0 Å². The molecule has 0 radical (unpaired) electrons. The van der Waals surface area contributed by atoms with Crippen LogP contribution in [0.15, 0.2) is 18.2 Å². The van der Waals surface area contributed by atoms with Gasteiger partial charge in [-0.2, -0.15) is 0 Å². The van der Waals surface area contributed by atoms with Gasteiger partial charge >= 0.3 is 0 Å². The molecule has 21 heavy (non-hydrogen) atoms. The van der Waals surface area contributed by atoms with Gasteiger partial charge in [0, 0.05) is 32.3 Å². The Morgan fingerprint density at radius 1 is 1.33 bits per heavy atom. The summed E-state index contributed by atoms with van der Waals surface area (Å²) in [5, 5.41) is 0.139. The van der Waals surface area contributed by atoms with Crippen molar-refractivity contribution in [2.45, 2.75) is 38.8 Å². The molecule has 1 aromatic carbocycles. The van der Waals surface area contributed by atoms with Crippen LogP contribution in [0.5, 0.6) is 0 Å². The Morgan fingerprint density at radius 2 is 2.00 bits per heavy atom. The summed E-state index contributed by atoms with van der Waals surface area (Å²) in [5.41, 5.74) is 6.84. The standard InChI is InChI=1S/C16H26ClFN2O/c1-4-13(5-2)20(8-9-21-3)16(11-19)12-6-7-14(17)15(18)10-12/h6-7,10,13,16H,4-5,8-9,11,19H2,1-3H3. The molecule has 1 rings (SSSR count). The highest BCUT2D eigenvalue weighted by Gasteiger charge is 2.25. The Balaban J connectivity index is 3.06. The summed E-state index contributed by atoms with van der Waals surface area (Å²) < 4.78 is 18.9. The Kier molecular flexibility index (Phi) is 8.19. The Hall–Kier alpha value is -0.680. The minimum atomic E-state index is -0.399. The monoisotopic (exact) mass is 316 g/mol. The fourth-order valence-corrected chi connectivity index (χ4v) is 2.85. The summed E-state index contributed by atoms with van der Waals surface area (Å²) in [4.78, 5) is 2.31. The second-order valence-electron chi connectivity index (χ2n) is 5.13. The van der Waals surface area contributed by atoms with E-state index in [1.54, 1.807) is 13.2 Å². The van der Waals surface area contributed by atoms with Crippen molar-refractivity contribution in [1.29, 1.82) is 0 Å². The number of ether oxygens (including phenoxy) is 1.